The minimum absolute atomic E-state index is 0.0875. The highest BCUT2D eigenvalue weighted by Crippen LogP contribution is 2.30. The van der Waals surface area contributed by atoms with Crippen molar-refractivity contribution in [3.8, 4) is 11.3 Å². The quantitative estimate of drug-likeness (QED) is 0.460. The summed E-state index contributed by atoms with van der Waals surface area (Å²) >= 11 is 1.47. The van der Waals surface area contributed by atoms with E-state index in [-0.39, 0.29) is 5.91 Å². The van der Waals surface area contributed by atoms with Crippen molar-refractivity contribution in [1.82, 2.24) is 19.9 Å². The minimum atomic E-state index is 0.0875. The largest absolute Gasteiger partial charge is 0.353 e. The van der Waals surface area contributed by atoms with Crippen LogP contribution in [0.3, 0.4) is 0 Å². The van der Waals surface area contributed by atoms with Gasteiger partial charge in [-0.25, -0.2) is 9.50 Å². The molecule has 4 aromatic rings. The van der Waals surface area contributed by atoms with Crippen LogP contribution in [0.25, 0.3) is 27.5 Å². The van der Waals surface area contributed by atoms with Gasteiger partial charge >= 0.3 is 0 Å². The molecule has 0 radical (unpaired) electrons. The van der Waals surface area contributed by atoms with Crippen molar-refractivity contribution in [2.45, 2.75) is 43.2 Å². The van der Waals surface area contributed by atoms with Crippen molar-refractivity contribution in [3.05, 3.63) is 60.9 Å². The van der Waals surface area contributed by atoms with E-state index < -0.39 is 0 Å². The summed E-state index contributed by atoms with van der Waals surface area (Å²) in [5, 5.41) is 11.2. The number of hydrogen-bond donors (Lipinski definition) is 1. The maximum Gasteiger partial charge on any atom is 0.230 e. The molecule has 1 fully saturated rings. The van der Waals surface area contributed by atoms with Crippen molar-refractivity contribution in [2.24, 2.45) is 0 Å². The van der Waals surface area contributed by atoms with E-state index in [0.717, 1.165) is 34.6 Å². The van der Waals surface area contributed by atoms with E-state index in [4.69, 9.17) is 5.10 Å². The molecule has 0 aliphatic heterocycles. The zero-order valence-corrected chi connectivity index (χ0v) is 17.6. The second-order valence-electron chi connectivity index (χ2n) is 7.81. The summed E-state index contributed by atoms with van der Waals surface area (Å²) in [7, 11) is 0. The molecule has 1 amide bonds. The van der Waals surface area contributed by atoms with Gasteiger partial charge in [0.25, 0.3) is 0 Å². The van der Waals surface area contributed by atoms with Gasteiger partial charge in [-0.15, -0.1) is 0 Å². The van der Waals surface area contributed by atoms with Crippen molar-refractivity contribution in [1.29, 1.82) is 0 Å². The van der Waals surface area contributed by atoms with Gasteiger partial charge in [-0.05, 0) is 29.7 Å². The summed E-state index contributed by atoms with van der Waals surface area (Å²) in [6.07, 6.45) is 9.51. The van der Waals surface area contributed by atoms with Crippen LogP contribution in [0, 0.1) is 0 Å². The lowest BCUT2D eigenvalue weighted by atomic mass is 9.95. The molecule has 1 aliphatic carbocycles. The molecule has 6 heteroatoms. The summed E-state index contributed by atoms with van der Waals surface area (Å²) < 4.78 is 1.85. The molecule has 30 heavy (non-hydrogen) atoms. The molecule has 0 atom stereocenters. The fourth-order valence-corrected chi connectivity index (χ4v) is 5.03. The van der Waals surface area contributed by atoms with Gasteiger partial charge in [0.05, 0.1) is 17.0 Å². The Morgan fingerprint density at radius 2 is 1.93 bits per heavy atom. The Morgan fingerprint density at radius 3 is 2.83 bits per heavy atom. The predicted molar refractivity (Wildman–Crippen MR) is 122 cm³/mol. The first-order chi connectivity index (χ1) is 14.8. The average Bonchev–Trinajstić information content (AvgIpc) is 3.23. The number of thioether (sulfide) groups is 1. The Morgan fingerprint density at radius 1 is 1.10 bits per heavy atom. The molecule has 5 nitrogen and oxygen atoms in total. The number of nitrogens with zero attached hydrogens (tertiary/aromatic N) is 3. The normalized spacial score (nSPS) is 14.9. The van der Waals surface area contributed by atoms with Crippen molar-refractivity contribution >= 4 is 34.0 Å². The van der Waals surface area contributed by atoms with E-state index in [2.05, 4.69) is 52.8 Å². The fraction of sp³-hybridized carbons (Fsp3) is 0.292. The van der Waals surface area contributed by atoms with Gasteiger partial charge in [0.1, 0.15) is 5.03 Å². The smallest absolute Gasteiger partial charge is 0.230 e. The lowest BCUT2D eigenvalue weighted by Gasteiger charge is -2.22. The van der Waals surface area contributed by atoms with E-state index >= 15 is 0 Å². The van der Waals surface area contributed by atoms with Gasteiger partial charge in [0.2, 0.25) is 5.91 Å². The molecular formula is C24H24N4OS. The SMILES string of the molecule is O=C(CSc1nccn2nc(-c3cccc4ccccc34)cc12)NC1CCCCC1. The molecule has 1 aliphatic rings. The number of aromatic nitrogens is 3. The molecule has 5 rings (SSSR count). The third-order valence-electron chi connectivity index (χ3n) is 5.73. The number of fused-ring (bicyclic) bond motifs is 2. The van der Waals surface area contributed by atoms with Crippen molar-refractivity contribution < 1.29 is 4.79 Å². The highest BCUT2D eigenvalue weighted by Gasteiger charge is 2.17. The monoisotopic (exact) mass is 416 g/mol. The van der Waals surface area contributed by atoms with Gasteiger partial charge in [0, 0.05) is 24.0 Å². The molecule has 2 aromatic carbocycles. The van der Waals surface area contributed by atoms with Crippen LogP contribution in [0.15, 0.2) is 66.0 Å². The lowest BCUT2D eigenvalue weighted by molar-refractivity contribution is -0.119. The maximum atomic E-state index is 12.4. The average molecular weight is 417 g/mol. The number of benzene rings is 2. The topological polar surface area (TPSA) is 59.3 Å². The molecule has 2 heterocycles. The summed E-state index contributed by atoms with van der Waals surface area (Å²) in [4.78, 5) is 16.9. The highest BCUT2D eigenvalue weighted by atomic mass is 32.2. The van der Waals surface area contributed by atoms with E-state index in [1.54, 1.807) is 6.20 Å². The molecule has 152 valence electrons. The van der Waals surface area contributed by atoms with Crippen LogP contribution in [0.5, 0.6) is 0 Å². The molecular weight excluding hydrogens is 392 g/mol. The van der Waals surface area contributed by atoms with Gasteiger partial charge in [-0.1, -0.05) is 73.5 Å². The van der Waals surface area contributed by atoms with Crippen LogP contribution in [-0.4, -0.2) is 32.3 Å². The van der Waals surface area contributed by atoms with E-state index in [9.17, 15) is 4.79 Å². The van der Waals surface area contributed by atoms with E-state index in [1.807, 2.05) is 16.8 Å². The molecule has 0 saturated heterocycles. The van der Waals surface area contributed by atoms with Crippen LogP contribution in [-0.2, 0) is 4.79 Å². The summed E-state index contributed by atoms with van der Waals surface area (Å²) in [6, 6.07) is 17.0. The van der Waals surface area contributed by atoms with Crippen molar-refractivity contribution in [3.63, 3.8) is 0 Å². The Kier molecular flexibility index (Phi) is 5.41. The zero-order valence-electron chi connectivity index (χ0n) is 16.8. The van der Waals surface area contributed by atoms with Crippen LogP contribution in [0.2, 0.25) is 0 Å². The molecule has 0 spiro atoms. The third kappa shape index (κ3) is 3.92. The van der Waals surface area contributed by atoms with Crippen molar-refractivity contribution in [2.75, 3.05) is 5.75 Å². The minimum Gasteiger partial charge on any atom is -0.353 e. The van der Waals surface area contributed by atoms with Gasteiger partial charge in [-0.2, -0.15) is 5.10 Å². The Hall–Kier alpha value is -2.86. The van der Waals surface area contributed by atoms with Crippen LogP contribution in [0.1, 0.15) is 32.1 Å². The first kappa shape index (κ1) is 19.1. The summed E-state index contributed by atoms with van der Waals surface area (Å²) in [5.74, 6) is 0.460. The lowest BCUT2D eigenvalue weighted by Crippen LogP contribution is -2.37. The number of rotatable bonds is 5. The Bertz CT molecular complexity index is 1190. The molecule has 1 saturated carbocycles. The van der Waals surface area contributed by atoms with Crippen LogP contribution < -0.4 is 5.32 Å². The second-order valence-corrected chi connectivity index (χ2v) is 8.77. The molecule has 0 unspecified atom stereocenters. The predicted octanol–water partition coefficient (Wildman–Crippen LogP) is 5.09. The first-order valence-corrected chi connectivity index (χ1v) is 11.5. The number of hydrogen-bond acceptors (Lipinski definition) is 4. The van der Waals surface area contributed by atoms with Crippen LogP contribution >= 0.6 is 11.8 Å². The van der Waals surface area contributed by atoms with E-state index in [1.165, 1.54) is 41.8 Å². The summed E-state index contributed by atoms with van der Waals surface area (Å²) in [5.41, 5.74) is 2.94. The maximum absolute atomic E-state index is 12.4. The number of carbonyl (C=O) groups excluding carboxylic acids is 1. The van der Waals surface area contributed by atoms with E-state index in [0.29, 0.717) is 11.8 Å². The number of amides is 1. The first-order valence-electron chi connectivity index (χ1n) is 10.5. The van der Waals surface area contributed by atoms with Gasteiger partial charge in [-0.3, -0.25) is 4.79 Å². The highest BCUT2D eigenvalue weighted by molar-refractivity contribution is 8.00. The van der Waals surface area contributed by atoms with Gasteiger partial charge in [0.15, 0.2) is 0 Å². The Labute approximate surface area is 179 Å². The molecule has 1 N–H and O–H groups in total. The second kappa shape index (κ2) is 8.48. The van der Waals surface area contributed by atoms with Crippen LogP contribution in [0.4, 0.5) is 0 Å². The fourth-order valence-electron chi connectivity index (χ4n) is 4.24. The number of nitrogens with one attached hydrogen (secondary N) is 1. The summed E-state index contributed by atoms with van der Waals surface area (Å²) in [6.45, 7) is 0. The van der Waals surface area contributed by atoms with Gasteiger partial charge < -0.3 is 5.32 Å². The number of carbonyl (C=O) groups is 1. The zero-order chi connectivity index (χ0) is 20.3. The third-order valence-corrected chi connectivity index (χ3v) is 6.72. The molecule has 0 bridgehead atoms. The standard InChI is InChI=1S/C24H24N4OS/c29-23(26-18-9-2-1-3-10-18)16-30-24-22-15-21(27-28(22)14-13-25-24)20-12-6-8-17-7-4-5-11-19(17)20/h4-8,11-15,18H,1-3,9-10,16H2,(H,26,29). The Balaban J connectivity index is 1.38. The molecule has 2 aromatic heterocycles.